The Morgan fingerprint density at radius 2 is 1.96 bits per heavy atom. The van der Waals surface area contributed by atoms with Gasteiger partial charge in [-0.15, -0.1) is 0 Å². The van der Waals surface area contributed by atoms with Gasteiger partial charge in [-0.3, -0.25) is 4.99 Å². The number of ether oxygens (including phenoxy) is 1. The summed E-state index contributed by atoms with van der Waals surface area (Å²) in [6.07, 6.45) is 1.78. The molecule has 132 valence electrons. The van der Waals surface area contributed by atoms with Crippen LogP contribution in [0.5, 0.6) is 0 Å². The molecule has 1 aromatic rings. The highest BCUT2D eigenvalue weighted by molar-refractivity contribution is 7.99. The molecule has 0 radical (unpaired) electrons. The summed E-state index contributed by atoms with van der Waals surface area (Å²) >= 11 is 14.5. The Balaban J connectivity index is 1.83. The highest BCUT2D eigenvalue weighted by atomic mass is 35.5. The highest BCUT2D eigenvalue weighted by Gasteiger charge is 2.36. The van der Waals surface area contributed by atoms with E-state index in [1.165, 1.54) is 0 Å². The van der Waals surface area contributed by atoms with Gasteiger partial charge in [0.2, 0.25) is 0 Å². The van der Waals surface area contributed by atoms with Crippen LogP contribution in [-0.4, -0.2) is 55.2 Å². The van der Waals surface area contributed by atoms with E-state index in [4.69, 9.17) is 38.7 Å². The van der Waals surface area contributed by atoms with Gasteiger partial charge in [-0.1, -0.05) is 29.3 Å². The molecule has 2 N–H and O–H groups in total. The van der Waals surface area contributed by atoms with Crippen molar-refractivity contribution in [2.75, 3.05) is 44.4 Å². The van der Waals surface area contributed by atoms with Gasteiger partial charge in [0.05, 0.1) is 6.54 Å². The van der Waals surface area contributed by atoms with E-state index in [1.807, 2.05) is 30.0 Å². The molecule has 7 heteroatoms. The van der Waals surface area contributed by atoms with E-state index in [-0.39, 0.29) is 5.41 Å². The van der Waals surface area contributed by atoms with Crippen molar-refractivity contribution in [1.29, 1.82) is 0 Å². The van der Waals surface area contributed by atoms with Crippen molar-refractivity contribution in [1.82, 2.24) is 4.90 Å². The minimum atomic E-state index is -0.130. The van der Waals surface area contributed by atoms with Crippen molar-refractivity contribution in [2.45, 2.75) is 18.3 Å². The lowest BCUT2D eigenvalue weighted by Crippen LogP contribution is -2.44. The Morgan fingerprint density at radius 3 is 2.62 bits per heavy atom. The molecule has 0 aromatic heterocycles. The number of halogens is 2. The number of aliphatic imine (C=N–C) groups is 1. The molecular weight excluding hydrogens is 365 g/mol. The fourth-order valence-electron chi connectivity index (χ4n) is 3.32. The number of nitrogens with two attached hydrogens (primary N) is 1. The zero-order valence-electron chi connectivity index (χ0n) is 13.6. The molecule has 2 aliphatic heterocycles. The van der Waals surface area contributed by atoms with Crippen LogP contribution in [0.4, 0.5) is 0 Å². The number of benzene rings is 1. The van der Waals surface area contributed by atoms with Gasteiger partial charge in [0, 0.05) is 53.3 Å². The van der Waals surface area contributed by atoms with E-state index in [0.29, 0.717) is 35.8 Å². The van der Waals surface area contributed by atoms with Crippen LogP contribution in [-0.2, 0) is 10.2 Å². The second kappa shape index (κ2) is 8.17. The molecule has 4 nitrogen and oxygen atoms in total. The van der Waals surface area contributed by atoms with Gasteiger partial charge < -0.3 is 15.4 Å². The van der Waals surface area contributed by atoms with Crippen molar-refractivity contribution >= 4 is 40.9 Å². The summed E-state index contributed by atoms with van der Waals surface area (Å²) in [4.78, 5) is 6.92. The second-order valence-corrected chi connectivity index (χ2v) is 8.36. The van der Waals surface area contributed by atoms with Crippen molar-refractivity contribution < 1.29 is 4.74 Å². The van der Waals surface area contributed by atoms with Crippen LogP contribution in [0.1, 0.15) is 18.4 Å². The zero-order chi connectivity index (χ0) is 17.0. The molecule has 2 aliphatic rings. The van der Waals surface area contributed by atoms with Crippen molar-refractivity contribution in [2.24, 2.45) is 10.7 Å². The molecule has 0 amide bonds. The molecule has 0 saturated carbocycles. The quantitative estimate of drug-likeness (QED) is 0.637. The summed E-state index contributed by atoms with van der Waals surface area (Å²) < 4.78 is 5.57. The van der Waals surface area contributed by atoms with E-state index in [2.05, 4.69) is 4.90 Å². The topological polar surface area (TPSA) is 50.9 Å². The largest absolute Gasteiger partial charge is 0.381 e. The first-order valence-corrected chi connectivity index (χ1v) is 10.2. The van der Waals surface area contributed by atoms with Gasteiger partial charge in [0.15, 0.2) is 5.96 Å². The third kappa shape index (κ3) is 4.13. The number of nitrogens with zero attached hydrogens (tertiary/aromatic N) is 2. The highest BCUT2D eigenvalue weighted by Crippen LogP contribution is 2.40. The summed E-state index contributed by atoms with van der Waals surface area (Å²) in [5.74, 6) is 2.86. The third-order valence-corrected chi connectivity index (χ3v) is 6.32. The maximum atomic E-state index is 6.50. The first kappa shape index (κ1) is 18.2. The van der Waals surface area contributed by atoms with Crippen molar-refractivity contribution in [3.8, 4) is 0 Å². The van der Waals surface area contributed by atoms with E-state index in [9.17, 15) is 0 Å². The summed E-state index contributed by atoms with van der Waals surface area (Å²) in [5, 5.41) is 1.35. The normalized spacial score (nSPS) is 21.8. The predicted molar refractivity (Wildman–Crippen MR) is 104 cm³/mol. The van der Waals surface area contributed by atoms with E-state index in [0.717, 1.165) is 43.0 Å². The standard InChI is InChI=1S/C17H23Cl2N3OS/c18-13-1-2-14(15(19)11-13)17(3-7-23-8-4-17)12-21-16(20)22-5-9-24-10-6-22/h1-2,11H,3-10,12H2,(H2,20,21). The SMILES string of the molecule is NC(=NCC1(c2ccc(Cl)cc2Cl)CCOCC1)N1CCSCC1. The third-order valence-electron chi connectivity index (χ3n) is 4.83. The Bertz CT molecular complexity index is 599. The zero-order valence-corrected chi connectivity index (χ0v) is 16.0. The van der Waals surface area contributed by atoms with Crippen molar-refractivity contribution in [3.63, 3.8) is 0 Å². The number of rotatable bonds is 3. The lowest BCUT2D eigenvalue weighted by molar-refractivity contribution is 0.0531. The molecule has 0 atom stereocenters. The minimum Gasteiger partial charge on any atom is -0.381 e. The molecule has 3 rings (SSSR count). The average molecular weight is 388 g/mol. The van der Waals surface area contributed by atoms with Crippen LogP contribution in [0.15, 0.2) is 23.2 Å². The maximum absolute atomic E-state index is 6.50. The van der Waals surface area contributed by atoms with Gasteiger partial charge in [0.1, 0.15) is 0 Å². The molecule has 0 aliphatic carbocycles. The lowest BCUT2D eigenvalue weighted by atomic mass is 9.74. The molecule has 2 heterocycles. The van der Waals surface area contributed by atoms with E-state index in [1.54, 1.807) is 0 Å². The summed E-state index contributed by atoms with van der Waals surface area (Å²) in [6.45, 7) is 4.01. The molecule has 0 bridgehead atoms. The van der Waals surface area contributed by atoms with E-state index >= 15 is 0 Å². The number of hydrogen-bond donors (Lipinski definition) is 1. The van der Waals surface area contributed by atoms with Gasteiger partial charge in [-0.25, -0.2) is 0 Å². The van der Waals surface area contributed by atoms with Crippen LogP contribution >= 0.6 is 35.0 Å². The molecular formula is C17H23Cl2N3OS. The van der Waals surface area contributed by atoms with Crippen LogP contribution in [0, 0.1) is 0 Å². The van der Waals surface area contributed by atoms with E-state index < -0.39 is 0 Å². The van der Waals surface area contributed by atoms with Crippen LogP contribution in [0.2, 0.25) is 10.0 Å². The fraction of sp³-hybridized carbons (Fsp3) is 0.588. The van der Waals surface area contributed by atoms with Crippen LogP contribution in [0.25, 0.3) is 0 Å². The Kier molecular flexibility index (Phi) is 6.19. The number of thioether (sulfide) groups is 1. The predicted octanol–water partition coefficient (Wildman–Crippen LogP) is 3.41. The van der Waals surface area contributed by atoms with Gasteiger partial charge >= 0.3 is 0 Å². The van der Waals surface area contributed by atoms with Gasteiger partial charge in [-0.05, 0) is 30.5 Å². The lowest BCUT2D eigenvalue weighted by Gasteiger charge is -2.37. The summed E-state index contributed by atoms with van der Waals surface area (Å²) in [7, 11) is 0. The fourth-order valence-corrected chi connectivity index (χ4v) is 4.83. The van der Waals surface area contributed by atoms with Gasteiger partial charge in [0.25, 0.3) is 0 Å². The number of hydrogen-bond acceptors (Lipinski definition) is 3. The first-order valence-electron chi connectivity index (χ1n) is 8.27. The molecule has 0 unspecified atom stereocenters. The smallest absolute Gasteiger partial charge is 0.191 e. The minimum absolute atomic E-state index is 0.130. The average Bonchev–Trinajstić information content (AvgIpc) is 2.61. The van der Waals surface area contributed by atoms with Gasteiger partial charge in [-0.2, -0.15) is 11.8 Å². The maximum Gasteiger partial charge on any atom is 0.191 e. The summed E-state index contributed by atoms with van der Waals surface area (Å²) in [5.41, 5.74) is 7.22. The Hall–Kier alpha value is -0.620. The Labute approximate surface area is 157 Å². The monoisotopic (exact) mass is 387 g/mol. The molecule has 2 saturated heterocycles. The van der Waals surface area contributed by atoms with Crippen LogP contribution < -0.4 is 5.73 Å². The van der Waals surface area contributed by atoms with Crippen molar-refractivity contribution in [3.05, 3.63) is 33.8 Å². The molecule has 24 heavy (non-hydrogen) atoms. The first-order chi connectivity index (χ1) is 11.6. The molecule has 2 fully saturated rings. The number of guanidine groups is 1. The van der Waals surface area contributed by atoms with Crippen LogP contribution in [0.3, 0.4) is 0 Å². The molecule has 0 spiro atoms. The Morgan fingerprint density at radius 1 is 1.25 bits per heavy atom. The molecule has 1 aromatic carbocycles. The second-order valence-electron chi connectivity index (χ2n) is 6.29. The summed E-state index contributed by atoms with van der Waals surface area (Å²) in [6, 6.07) is 5.73.